The number of aliphatic carboxylic acids is 4. The SMILES string of the molecule is CC(=O)NC1CC(C)(C)N(O)C(C)(C)C1.O=C(O)CN(CCN(CC(=O)O)CC(=O)O)CC(=O)O. The van der Waals surface area contributed by atoms with Gasteiger partial charge in [-0.1, -0.05) is 0 Å². The topological polar surface area (TPSA) is 208 Å². The van der Waals surface area contributed by atoms with Gasteiger partial charge in [0.1, 0.15) is 0 Å². The van der Waals surface area contributed by atoms with Crippen LogP contribution < -0.4 is 5.32 Å². The molecule has 0 spiro atoms. The lowest BCUT2D eigenvalue weighted by Crippen LogP contribution is -2.62. The number of carbonyl (C=O) groups is 5. The molecule has 6 N–H and O–H groups in total. The minimum Gasteiger partial charge on any atom is -0.480 e. The zero-order valence-electron chi connectivity index (χ0n) is 20.9. The summed E-state index contributed by atoms with van der Waals surface area (Å²) in [5.74, 6) is -4.91. The Bertz CT molecular complexity index is 685. The molecule has 14 heteroatoms. The number of rotatable bonds is 12. The van der Waals surface area contributed by atoms with Crippen LogP contribution in [0.25, 0.3) is 0 Å². The molecule has 0 saturated carbocycles. The fourth-order valence-electron chi connectivity index (χ4n) is 4.14. The first-order chi connectivity index (χ1) is 15.9. The number of nitrogens with one attached hydrogen (secondary N) is 1. The predicted molar refractivity (Wildman–Crippen MR) is 122 cm³/mol. The highest BCUT2D eigenvalue weighted by molar-refractivity contribution is 5.74. The normalized spacial score (nSPS) is 17.4. The predicted octanol–water partition coefficient (Wildman–Crippen LogP) is -0.538. The molecule has 1 heterocycles. The Morgan fingerprint density at radius 3 is 1.26 bits per heavy atom. The molecule has 14 nitrogen and oxygen atoms in total. The number of hydrogen-bond acceptors (Lipinski definition) is 9. The lowest BCUT2D eigenvalue weighted by atomic mass is 9.79. The van der Waals surface area contributed by atoms with Crippen LogP contribution in [-0.2, 0) is 24.0 Å². The Labute approximate surface area is 204 Å². The highest BCUT2D eigenvalue weighted by atomic mass is 16.5. The molecule has 1 saturated heterocycles. The Balaban J connectivity index is 0.000000686. The molecule has 0 unspecified atom stereocenters. The van der Waals surface area contributed by atoms with Crippen LogP contribution in [-0.4, -0.2) is 127 Å². The molecular weight excluding hydrogens is 468 g/mol. The molecule has 1 aliphatic heterocycles. The average Bonchev–Trinajstić information content (AvgIpc) is 2.61. The Kier molecular flexibility index (Phi) is 12.8. The van der Waals surface area contributed by atoms with Crippen LogP contribution in [0.2, 0.25) is 0 Å². The first-order valence-corrected chi connectivity index (χ1v) is 10.9. The number of hydroxylamine groups is 2. The molecule has 1 fully saturated rings. The van der Waals surface area contributed by atoms with E-state index in [9.17, 15) is 29.2 Å². The standard InChI is InChI=1S/C11H22N2O2.C10H16N2O8/c1-8(14)12-9-6-10(2,3)13(15)11(4,5)7-9;13-7(14)3-11(4-8(15)16)1-2-12(5-9(17)18)6-10(19)20/h9,15H,6-7H2,1-5H3,(H,12,14);1-6H2,(H,13,14)(H,15,16)(H,17,18)(H,19,20). The van der Waals surface area contributed by atoms with Gasteiger partial charge in [-0.05, 0) is 40.5 Å². The minimum absolute atomic E-state index is 0.00186. The number of hydrogen-bond donors (Lipinski definition) is 6. The number of nitrogens with zero attached hydrogens (tertiary/aromatic N) is 3. The van der Waals surface area contributed by atoms with Gasteiger partial charge in [0.05, 0.1) is 26.2 Å². The van der Waals surface area contributed by atoms with Crippen molar-refractivity contribution in [3.8, 4) is 0 Å². The van der Waals surface area contributed by atoms with Crippen LogP contribution in [0.15, 0.2) is 0 Å². The molecule has 0 aromatic rings. The Morgan fingerprint density at radius 1 is 0.743 bits per heavy atom. The molecule has 0 radical (unpaired) electrons. The summed E-state index contributed by atoms with van der Waals surface area (Å²) in [5, 5.41) is 48.9. The van der Waals surface area contributed by atoms with Crippen molar-refractivity contribution in [3.63, 3.8) is 0 Å². The zero-order valence-corrected chi connectivity index (χ0v) is 20.9. The summed E-state index contributed by atoms with van der Waals surface area (Å²) in [4.78, 5) is 55.4. The van der Waals surface area contributed by atoms with Crippen molar-refractivity contribution in [1.29, 1.82) is 0 Å². The number of carboxylic acid groups (broad SMARTS) is 4. The summed E-state index contributed by atoms with van der Waals surface area (Å²) in [6.45, 7) is 7.24. The maximum absolute atomic E-state index is 11.0. The zero-order chi connectivity index (χ0) is 27.6. The molecule has 0 aliphatic carbocycles. The van der Waals surface area contributed by atoms with Crippen LogP contribution in [0.4, 0.5) is 0 Å². The number of piperidine rings is 1. The lowest BCUT2D eigenvalue weighted by molar-refractivity contribution is -0.246. The smallest absolute Gasteiger partial charge is 0.317 e. The molecule has 1 aliphatic rings. The van der Waals surface area contributed by atoms with Crippen LogP contribution in [0, 0.1) is 0 Å². The molecule has 0 aromatic carbocycles. The second-order valence-electron chi connectivity index (χ2n) is 9.74. The van der Waals surface area contributed by atoms with Crippen molar-refractivity contribution in [2.24, 2.45) is 0 Å². The van der Waals surface area contributed by atoms with Crippen LogP contribution in [0.1, 0.15) is 47.5 Å². The van der Waals surface area contributed by atoms with Gasteiger partial charge < -0.3 is 31.0 Å². The van der Waals surface area contributed by atoms with E-state index in [1.807, 2.05) is 27.7 Å². The van der Waals surface area contributed by atoms with E-state index in [1.165, 1.54) is 12.0 Å². The van der Waals surface area contributed by atoms with Gasteiger partial charge in [-0.25, -0.2) is 0 Å². The minimum atomic E-state index is -1.23. The first-order valence-electron chi connectivity index (χ1n) is 10.9. The van der Waals surface area contributed by atoms with Crippen molar-refractivity contribution >= 4 is 29.8 Å². The first kappa shape index (κ1) is 32.2. The van der Waals surface area contributed by atoms with Crippen molar-refractivity contribution in [2.45, 2.75) is 64.6 Å². The van der Waals surface area contributed by atoms with Crippen LogP contribution >= 0.6 is 0 Å². The van der Waals surface area contributed by atoms with E-state index < -0.39 is 50.1 Å². The molecule has 1 rings (SSSR count). The molecule has 0 atom stereocenters. The summed E-state index contributed by atoms with van der Waals surface area (Å²) in [5.41, 5.74) is -0.594. The third-order valence-corrected chi connectivity index (χ3v) is 5.21. The third-order valence-electron chi connectivity index (χ3n) is 5.21. The van der Waals surface area contributed by atoms with Crippen molar-refractivity contribution < 1.29 is 49.6 Å². The van der Waals surface area contributed by atoms with E-state index in [0.717, 1.165) is 22.6 Å². The molecule has 202 valence electrons. The summed E-state index contributed by atoms with van der Waals surface area (Å²) in [6, 6.07) is 0.149. The molecule has 1 amide bonds. The molecule has 0 aromatic heterocycles. The lowest BCUT2D eigenvalue weighted by Gasteiger charge is -2.51. The Hall–Kier alpha value is -2.81. The summed E-state index contributed by atoms with van der Waals surface area (Å²) >= 11 is 0. The molecule has 35 heavy (non-hydrogen) atoms. The van der Waals surface area contributed by atoms with E-state index in [0.29, 0.717) is 0 Å². The van der Waals surface area contributed by atoms with Gasteiger partial charge in [0.25, 0.3) is 0 Å². The Morgan fingerprint density at radius 2 is 1.03 bits per heavy atom. The monoisotopic (exact) mass is 506 g/mol. The van der Waals surface area contributed by atoms with Crippen molar-refractivity contribution in [1.82, 2.24) is 20.2 Å². The van der Waals surface area contributed by atoms with Crippen LogP contribution in [0.3, 0.4) is 0 Å². The van der Waals surface area contributed by atoms with Gasteiger partial charge in [-0.2, -0.15) is 5.06 Å². The summed E-state index contributed by atoms with van der Waals surface area (Å²) in [6.07, 6.45) is 1.54. The van der Waals surface area contributed by atoms with Crippen LogP contribution in [0.5, 0.6) is 0 Å². The van der Waals surface area contributed by atoms with Gasteiger partial charge in [0.15, 0.2) is 0 Å². The summed E-state index contributed by atoms with van der Waals surface area (Å²) in [7, 11) is 0. The molecular formula is C21H38N4O10. The second kappa shape index (κ2) is 13.9. The number of carbonyl (C=O) groups excluding carboxylic acids is 1. The third kappa shape index (κ3) is 13.6. The largest absolute Gasteiger partial charge is 0.480 e. The van der Waals surface area contributed by atoms with Gasteiger partial charge in [-0.3, -0.25) is 33.8 Å². The fourth-order valence-corrected chi connectivity index (χ4v) is 4.14. The number of carboxylic acids is 4. The van der Waals surface area contributed by atoms with Crippen molar-refractivity contribution in [2.75, 3.05) is 39.3 Å². The fraction of sp³-hybridized carbons (Fsp3) is 0.762. The second-order valence-corrected chi connectivity index (χ2v) is 9.74. The maximum Gasteiger partial charge on any atom is 0.317 e. The van der Waals surface area contributed by atoms with E-state index in [1.54, 1.807) is 0 Å². The van der Waals surface area contributed by atoms with Gasteiger partial charge >= 0.3 is 23.9 Å². The van der Waals surface area contributed by atoms with E-state index in [2.05, 4.69) is 5.32 Å². The van der Waals surface area contributed by atoms with Gasteiger partial charge in [0, 0.05) is 37.1 Å². The van der Waals surface area contributed by atoms with E-state index >= 15 is 0 Å². The summed E-state index contributed by atoms with van der Waals surface area (Å²) < 4.78 is 0. The maximum atomic E-state index is 11.0. The quantitative estimate of drug-likeness (QED) is 0.197. The molecule has 0 bridgehead atoms. The van der Waals surface area contributed by atoms with E-state index in [-0.39, 0.29) is 36.1 Å². The number of amides is 1. The highest BCUT2D eigenvalue weighted by Gasteiger charge is 2.45. The van der Waals surface area contributed by atoms with E-state index in [4.69, 9.17) is 20.4 Å². The highest BCUT2D eigenvalue weighted by Crippen LogP contribution is 2.36. The van der Waals surface area contributed by atoms with Gasteiger partial charge in [-0.15, -0.1) is 0 Å². The van der Waals surface area contributed by atoms with Crippen molar-refractivity contribution in [3.05, 3.63) is 0 Å². The average molecular weight is 507 g/mol. The van der Waals surface area contributed by atoms with Gasteiger partial charge in [0.2, 0.25) is 5.91 Å².